The molecule has 0 aromatic heterocycles. The Morgan fingerprint density at radius 2 is 1.62 bits per heavy atom. The van der Waals surface area contributed by atoms with Crippen molar-refractivity contribution >= 4 is 0 Å². The molecule has 1 saturated carbocycles. The first-order valence-electron chi connectivity index (χ1n) is 6.89. The third kappa shape index (κ3) is 2.77. The maximum Gasteiger partial charge on any atom is 0.0687 e. The molecule has 1 aliphatic carbocycles. The molecule has 0 unspecified atom stereocenters. The molecule has 0 bridgehead atoms. The van der Waals surface area contributed by atoms with Crippen molar-refractivity contribution in [3.63, 3.8) is 0 Å². The second-order valence-electron chi connectivity index (χ2n) is 5.85. The van der Waals surface area contributed by atoms with Gasteiger partial charge in [0.2, 0.25) is 0 Å². The average Bonchev–Trinajstić information content (AvgIpc) is 2.59. The highest BCUT2D eigenvalue weighted by Crippen LogP contribution is 2.32. The molecule has 0 radical (unpaired) electrons. The Morgan fingerprint density at radius 1 is 1.06 bits per heavy atom. The van der Waals surface area contributed by atoms with E-state index in [-0.39, 0.29) is 5.41 Å². The smallest absolute Gasteiger partial charge is 0.0687 e. The van der Waals surface area contributed by atoms with Gasteiger partial charge in [-0.3, -0.25) is 0 Å². The molecule has 2 fully saturated rings. The van der Waals surface area contributed by atoms with Gasteiger partial charge >= 0.3 is 0 Å². The van der Waals surface area contributed by atoms with Crippen LogP contribution >= 0.6 is 0 Å². The van der Waals surface area contributed by atoms with Crippen LogP contribution in [0.25, 0.3) is 0 Å². The van der Waals surface area contributed by atoms with Crippen LogP contribution in [0.3, 0.4) is 0 Å². The lowest BCUT2D eigenvalue weighted by atomic mass is 9.81. The van der Waals surface area contributed by atoms with Crippen LogP contribution in [0.15, 0.2) is 0 Å². The van der Waals surface area contributed by atoms with Gasteiger partial charge in [0.15, 0.2) is 0 Å². The van der Waals surface area contributed by atoms with Crippen LogP contribution in [0.4, 0.5) is 0 Å². The minimum atomic E-state index is -0.0404. The van der Waals surface area contributed by atoms with Gasteiger partial charge < -0.3 is 4.90 Å². The molecule has 0 aromatic carbocycles. The Balaban J connectivity index is 1.86. The van der Waals surface area contributed by atoms with E-state index in [1.165, 1.54) is 38.5 Å². The molecule has 0 aromatic rings. The molecule has 1 saturated heterocycles. The molecule has 0 amide bonds. The van der Waals surface area contributed by atoms with Crippen molar-refractivity contribution in [1.82, 2.24) is 4.90 Å². The zero-order valence-electron chi connectivity index (χ0n) is 10.5. The second kappa shape index (κ2) is 5.19. The zero-order chi connectivity index (χ0) is 11.4. The fourth-order valence-corrected chi connectivity index (χ4v) is 3.12. The largest absolute Gasteiger partial charge is 0.300 e. The summed E-state index contributed by atoms with van der Waals surface area (Å²) in [5.74, 6) is 0. The maximum atomic E-state index is 9.12. The molecule has 2 heteroatoms. The molecule has 16 heavy (non-hydrogen) atoms. The molecular weight excluding hydrogens is 196 g/mol. The standard InChI is InChI=1S/C14H24N2/c1-14(12-15)8-10-16(11-9-14)13-6-4-2-3-5-7-13/h13H,2-11H2,1H3. The van der Waals surface area contributed by atoms with Crippen molar-refractivity contribution < 1.29 is 0 Å². The number of hydrogen-bond donors (Lipinski definition) is 0. The van der Waals surface area contributed by atoms with Gasteiger partial charge in [-0.1, -0.05) is 25.7 Å². The molecule has 2 rings (SSSR count). The van der Waals surface area contributed by atoms with Gasteiger partial charge in [0.05, 0.1) is 11.5 Å². The highest BCUT2D eigenvalue weighted by atomic mass is 15.2. The summed E-state index contributed by atoms with van der Waals surface area (Å²) in [5.41, 5.74) is -0.0404. The van der Waals surface area contributed by atoms with Gasteiger partial charge in [-0.05, 0) is 45.7 Å². The SMILES string of the molecule is CC1(C#N)CCN(C2CCCCCC2)CC1. The van der Waals surface area contributed by atoms with Gasteiger partial charge in [-0.25, -0.2) is 0 Å². The monoisotopic (exact) mass is 220 g/mol. The van der Waals surface area contributed by atoms with Crippen LogP contribution in [-0.2, 0) is 0 Å². The number of rotatable bonds is 1. The average molecular weight is 220 g/mol. The van der Waals surface area contributed by atoms with Crippen LogP contribution in [-0.4, -0.2) is 24.0 Å². The summed E-state index contributed by atoms with van der Waals surface area (Å²) in [4.78, 5) is 2.66. The number of nitriles is 1. The lowest BCUT2D eigenvalue weighted by Gasteiger charge is -2.39. The summed E-state index contributed by atoms with van der Waals surface area (Å²) in [6.07, 6.45) is 10.6. The maximum absolute atomic E-state index is 9.12. The molecule has 2 aliphatic rings. The highest BCUT2D eigenvalue weighted by Gasteiger charge is 2.32. The normalized spacial score (nSPS) is 28.2. The van der Waals surface area contributed by atoms with Crippen molar-refractivity contribution in [1.29, 1.82) is 5.26 Å². The van der Waals surface area contributed by atoms with Crippen molar-refractivity contribution in [3.05, 3.63) is 0 Å². The number of nitrogens with zero attached hydrogens (tertiary/aromatic N) is 2. The molecule has 0 spiro atoms. The van der Waals surface area contributed by atoms with Crippen LogP contribution in [0, 0.1) is 16.7 Å². The molecule has 1 heterocycles. The lowest BCUT2D eigenvalue weighted by Crippen LogP contribution is -2.43. The van der Waals surface area contributed by atoms with E-state index in [0.29, 0.717) is 0 Å². The Bertz CT molecular complexity index is 250. The second-order valence-corrected chi connectivity index (χ2v) is 5.85. The third-order valence-electron chi connectivity index (χ3n) is 4.51. The lowest BCUT2D eigenvalue weighted by molar-refractivity contribution is 0.103. The summed E-state index contributed by atoms with van der Waals surface area (Å²) in [6.45, 7) is 4.42. The minimum Gasteiger partial charge on any atom is -0.300 e. The topological polar surface area (TPSA) is 27.0 Å². The van der Waals surface area contributed by atoms with Crippen molar-refractivity contribution in [2.24, 2.45) is 5.41 Å². The number of likely N-dealkylation sites (tertiary alicyclic amines) is 1. The van der Waals surface area contributed by atoms with Gasteiger partial charge in [0.1, 0.15) is 0 Å². The van der Waals surface area contributed by atoms with E-state index in [0.717, 1.165) is 32.0 Å². The summed E-state index contributed by atoms with van der Waals surface area (Å²) in [6, 6.07) is 3.31. The van der Waals surface area contributed by atoms with Crippen molar-refractivity contribution in [2.45, 2.75) is 64.3 Å². The number of hydrogen-bond acceptors (Lipinski definition) is 2. The predicted octanol–water partition coefficient (Wildman–Crippen LogP) is 3.33. The van der Waals surface area contributed by atoms with Gasteiger partial charge in [-0.15, -0.1) is 0 Å². The van der Waals surface area contributed by atoms with E-state index in [1.807, 2.05) is 0 Å². The van der Waals surface area contributed by atoms with E-state index >= 15 is 0 Å². The fraction of sp³-hybridized carbons (Fsp3) is 0.929. The van der Waals surface area contributed by atoms with Crippen molar-refractivity contribution in [2.75, 3.05) is 13.1 Å². The summed E-state index contributed by atoms with van der Waals surface area (Å²) in [5, 5.41) is 9.12. The molecular formula is C14H24N2. The van der Waals surface area contributed by atoms with E-state index in [2.05, 4.69) is 17.9 Å². The molecule has 0 atom stereocenters. The van der Waals surface area contributed by atoms with E-state index < -0.39 is 0 Å². The van der Waals surface area contributed by atoms with E-state index in [4.69, 9.17) is 5.26 Å². The summed E-state index contributed by atoms with van der Waals surface area (Å²) < 4.78 is 0. The Kier molecular flexibility index (Phi) is 3.86. The van der Waals surface area contributed by atoms with Crippen LogP contribution in [0.5, 0.6) is 0 Å². The quantitative estimate of drug-likeness (QED) is 0.634. The Hall–Kier alpha value is -0.550. The van der Waals surface area contributed by atoms with Gasteiger partial charge in [0, 0.05) is 6.04 Å². The van der Waals surface area contributed by atoms with Crippen LogP contribution < -0.4 is 0 Å². The van der Waals surface area contributed by atoms with Gasteiger partial charge in [-0.2, -0.15) is 5.26 Å². The van der Waals surface area contributed by atoms with Crippen LogP contribution in [0.2, 0.25) is 0 Å². The number of piperidine rings is 1. The molecule has 90 valence electrons. The Labute approximate surface area is 99.6 Å². The molecule has 1 aliphatic heterocycles. The zero-order valence-corrected chi connectivity index (χ0v) is 10.5. The first-order chi connectivity index (χ1) is 7.73. The van der Waals surface area contributed by atoms with Crippen molar-refractivity contribution in [3.8, 4) is 6.07 Å². The summed E-state index contributed by atoms with van der Waals surface area (Å²) >= 11 is 0. The van der Waals surface area contributed by atoms with E-state index in [9.17, 15) is 0 Å². The molecule has 0 N–H and O–H groups in total. The predicted molar refractivity (Wildman–Crippen MR) is 66.0 cm³/mol. The Morgan fingerprint density at radius 3 is 2.12 bits per heavy atom. The summed E-state index contributed by atoms with van der Waals surface area (Å²) in [7, 11) is 0. The van der Waals surface area contributed by atoms with Gasteiger partial charge in [0.25, 0.3) is 0 Å². The fourth-order valence-electron chi connectivity index (χ4n) is 3.12. The first-order valence-corrected chi connectivity index (χ1v) is 6.89. The third-order valence-corrected chi connectivity index (χ3v) is 4.51. The first kappa shape index (κ1) is 11.9. The highest BCUT2D eigenvalue weighted by molar-refractivity contribution is 4.99. The van der Waals surface area contributed by atoms with E-state index in [1.54, 1.807) is 0 Å². The molecule has 2 nitrogen and oxygen atoms in total. The van der Waals surface area contributed by atoms with Crippen LogP contribution in [0.1, 0.15) is 58.3 Å². The minimum absolute atomic E-state index is 0.0404.